The van der Waals surface area contributed by atoms with Crippen molar-refractivity contribution in [2.24, 2.45) is 4.99 Å². The van der Waals surface area contributed by atoms with Crippen molar-refractivity contribution in [2.75, 3.05) is 20.2 Å². The maximum atomic E-state index is 5.89. The molecule has 1 unspecified atom stereocenters. The smallest absolute Gasteiger partial charge is 0.191 e. The van der Waals surface area contributed by atoms with Gasteiger partial charge in [-0.15, -0.1) is 11.3 Å². The van der Waals surface area contributed by atoms with Crippen LogP contribution in [0.5, 0.6) is 11.5 Å². The molecule has 1 atom stereocenters. The molecule has 6 heteroatoms. The summed E-state index contributed by atoms with van der Waals surface area (Å²) in [6.07, 6.45) is 0.0176. The minimum absolute atomic E-state index is 0.0176. The summed E-state index contributed by atoms with van der Waals surface area (Å²) in [5.41, 5.74) is 0. The summed E-state index contributed by atoms with van der Waals surface area (Å²) in [4.78, 5) is 5.84. The highest BCUT2D eigenvalue weighted by Gasteiger charge is 2.06. The van der Waals surface area contributed by atoms with Gasteiger partial charge in [-0.05, 0) is 49.6 Å². The Balaban J connectivity index is 1.82. The van der Waals surface area contributed by atoms with Gasteiger partial charge in [-0.2, -0.15) is 0 Å². The number of thiophene rings is 1. The van der Waals surface area contributed by atoms with Crippen LogP contribution in [0.4, 0.5) is 0 Å². The fourth-order valence-electron chi connectivity index (χ4n) is 2.07. The second kappa shape index (κ2) is 9.82. The standard InChI is InChI=1S/C18H25N3O2S/c1-4-19-18(21-13-17-6-5-11-24-17)20-12-14(2)23-16-9-7-15(22-3)8-10-16/h5-11,14H,4,12-13H2,1-3H3,(H2,19,20,21). The first-order chi connectivity index (χ1) is 11.7. The third-order valence-corrected chi connectivity index (χ3v) is 4.13. The van der Waals surface area contributed by atoms with Crippen LogP contribution in [0.2, 0.25) is 0 Å². The van der Waals surface area contributed by atoms with Gasteiger partial charge in [-0.25, -0.2) is 4.99 Å². The molecule has 1 heterocycles. The van der Waals surface area contributed by atoms with E-state index in [1.165, 1.54) is 4.88 Å². The molecule has 0 amide bonds. The molecule has 0 bridgehead atoms. The third-order valence-electron chi connectivity index (χ3n) is 3.27. The molecule has 0 aliphatic carbocycles. The summed E-state index contributed by atoms with van der Waals surface area (Å²) in [5.74, 6) is 2.45. The van der Waals surface area contributed by atoms with Crippen molar-refractivity contribution in [1.82, 2.24) is 10.6 Å². The van der Waals surface area contributed by atoms with E-state index in [-0.39, 0.29) is 6.10 Å². The van der Waals surface area contributed by atoms with E-state index in [9.17, 15) is 0 Å². The number of nitrogens with zero attached hydrogens (tertiary/aromatic N) is 1. The average Bonchev–Trinajstić information content (AvgIpc) is 3.11. The summed E-state index contributed by atoms with van der Waals surface area (Å²) in [5, 5.41) is 8.64. The lowest BCUT2D eigenvalue weighted by Crippen LogP contribution is -2.41. The largest absolute Gasteiger partial charge is 0.497 e. The number of benzene rings is 1. The second-order valence-electron chi connectivity index (χ2n) is 5.26. The van der Waals surface area contributed by atoms with Crippen molar-refractivity contribution in [3.8, 4) is 11.5 Å². The van der Waals surface area contributed by atoms with Gasteiger partial charge in [0.05, 0.1) is 20.2 Å². The number of methoxy groups -OCH3 is 1. The molecule has 0 aliphatic heterocycles. The van der Waals surface area contributed by atoms with Crippen molar-refractivity contribution >= 4 is 17.3 Å². The minimum Gasteiger partial charge on any atom is -0.497 e. The Morgan fingerprint density at radius 3 is 2.54 bits per heavy atom. The molecule has 5 nitrogen and oxygen atoms in total. The molecule has 0 radical (unpaired) electrons. The monoisotopic (exact) mass is 347 g/mol. The van der Waals surface area contributed by atoms with Crippen LogP contribution in [0.1, 0.15) is 18.7 Å². The summed E-state index contributed by atoms with van der Waals surface area (Å²) < 4.78 is 11.0. The van der Waals surface area contributed by atoms with E-state index in [0.29, 0.717) is 13.1 Å². The Labute approximate surface area is 147 Å². The van der Waals surface area contributed by atoms with Crippen LogP contribution in [0.15, 0.2) is 46.8 Å². The van der Waals surface area contributed by atoms with E-state index in [1.807, 2.05) is 37.3 Å². The fraction of sp³-hybridized carbons (Fsp3) is 0.389. The zero-order chi connectivity index (χ0) is 17.2. The molecule has 24 heavy (non-hydrogen) atoms. The van der Waals surface area contributed by atoms with Gasteiger partial charge in [0.2, 0.25) is 0 Å². The molecular formula is C18H25N3O2S. The topological polar surface area (TPSA) is 54.9 Å². The summed E-state index contributed by atoms with van der Waals surface area (Å²) >= 11 is 1.71. The molecule has 0 saturated heterocycles. The number of aliphatic imine (C=N–C) groups is 1. The Morgan fingerprint density at radius 2 is 1.92 bits per heavy atom. The van der Waals surface area contributed by atoms with Gasteiger partial charge < -0.3 is 20.1 Å². The van der Waals surface area contributed by atoms with E-state index in [1.54, 1.807) is 18.4 Å². The van der Waals surface area contributed by atoms with Gasteiger partial charge in [-0.3, -0.25) is 0 Å². The normalized spacial score (nSPS) is 12.5. The zero-order valence-corrected chi connectivity index (χ0v) is 15.2. The van der Waals surface area contributed by atoms with Crippen LogP contribution in [0.3, 0.4) is 0 Å². The molecule has 1 aromatic carbocycles. The van der Waals surface area contributed by atoms with Gasteiger partial charge in [0.15, 0.2) is 5.96 Å². The van der Waals surface area contributed by atoms with Crippen LogP contribution in [0, 0.1) is 0 Å². The summed E-state index contributed by atoms with van der Waals surface area (Å²) in [7, 11) is 1.65. The number of guanidine groups is 1. The molecule has 2 aromatic rings. The first kappa shape index (κ1) is 18.1. The van der Waals surface area contributed by atoms with Gasteiger partial charge >= 0.3 is 0 Å². The molecular weight excluding hydrogens is 322 g/mol. The Kier molecular flexibility index (Phi) is 7.42. The molecule has 1 aromatic heterocycles. The van der Waals surface area contributed by atoms with Crippen LogP contribution in [0.25, 0.3) is 0 Å². The second-order valence-corrected chi connectivity index (χ2v) is 6.29. The van der Waals surface area contributed by atoms with Crippen LogP contribution in [-0.2, 0) is 6.54 Å². The van der Waals surface area contributed by atoms with Crippen LogP contribution < -0.4 is 20.1 Å². The first-order valence-electron chi connectivity index (χ1n) is 8.06. The molecule has 0 spiro atoms. The number of nitrogens with one attached hydrogen (secondary N) is 2. The molecule has 0 saturated carbocycles. The quantitative estimate of drug-likeness (QED) is 0.568. The predicted molar refractivity (Wildman–Crippen MR) is 100 cm³/mol. The molecule has 0 fully saturated rings. The lowest BCUT2D eigenvalue weighted by Gasteiger charge is -2.17. The number of rotatable bonds is 8. The average molecular weight is 347 g/mol. The fourth-order valence-corrected chi connectivity index (χ4v) is 2.70. The highest BCUT2D eigenvalue weighted by atomic mass is 32.1. The van der Waals surface area contributed by atoms with Crippen molar-refractivity contribution in [1.29, 1.82) is 0 Å². The Bertz CT molecular complexity index is 612. The minimum atomic E-state index is 0.0176. The van der Waals surface area contributed by atoms with E-state index >= 15 is 0 Å². The Morgan fingerprint density at radius 1 is 1.17 bits per heavy atom. The lowest BCUT2D eigenvalue weighted by atomic mass is 10.3. The van der Waals surface area contributed by atoms with Gasteiger partial charge in [0.1, 0.15) is 17.6 Å². The molecule has 0 aliphatic rings. The van der Waals surface area contributed by atoms with Gasteiger partial charge in [0, 0.05) is 11.4 Å². The summed E-state index contributed by atoms with van der Waals surface area (Å²) in [6.45, 7) is 6.26. The van der Waals surface area contributed by atoms with Gasteiger partial charge in [0.25, 0.3) is 0 Å². The number of hydrogen-bond donors (Lipinski definition) is 2. The zero-order valence-electron chi connectivity index (χ0n) is 14.4. The van der Waals surface area contributed by atoms with Crippen molar-refractivity contribution in [2.45, 2.75) is 26.5 Å². The van der Waals surface area contributed by atoms with Gasteiger partial charge in [-0.1, -0.05) is 6.07 Å². The van der Waals surface area contributed by atoms with Crippen molar-refractivity contribution in [3.63, 3.8) is 0 Å². The summed E-state index contributed by atoms with van der Waals surface area (Å²) in [6, 6.07) is 11.7. The highest BCUT2D eigenvalue weighted by molar-refractivity contribution is 7.09. The van der Waals surface area contributed by atoms with Crippen molar-refractivity contribution in [3.05, 3.63) is 46.7 Å². The first-order valence-corrected chi connectivity index (χ1v) is 8.94. The Hall–Kier alpha value is -2.21. The van der Waals surface area contributed by atoms with Crippen molar-refractivity contribution < 1.29 is 9.47 Å². The lowest BCUT2D eigenvalue weighted by molar-refractivity contribution is 0.223. The maximum absolute atomic E-state index is 5.89. The molecule has 2 N–H and O–H groups in total. The highest BCUT2D eigenvalue weighted by Crippen LogP contribution is 2.18. The van der Waals surface area contributed by atoms with E-state index in [2.05, 4.69) is 34.0 Å². The molecule has 2 rings (SSSR count). The van der Waals surface area contributed by atoms with Crippen LogP contribution in [-0.4, -0.2) is 32.3 Å². The maximum Gasteiger partial charge on any atom is 0.191 e. The SMILES string of the molecule is CCNC(=NCc1cccs1)NCC(C)Oc1ccc(OC)cc1. The number of ether oxygens (including phenoxy) is 2. The number of hydrogen-bond acceptors (Lipinski definition) is 4. The van der Waals surface area contributed by atoms with Crippen LogP contribution >= 0.6 is 11.3 Å². The predicted octanol–water partition coefficient (Wildman–Crippen LogP) is 3.28. The van der Waals surface area contributed by atoms with E-state index in [4.69, 9.17) is 9.47 Å². The van der Waals surface area contributed by atoms with E-state index < -0.39 is 0 Å². The third kappa shape index (κ3) is 6.12. The molecule has 130 valence electrons. The van der Waals surface area contributed by atoms with E-state index in [0.717, 1.165) is 24.0 Å².